The average molecular weight is 458 g/mol. The molecule has 1 aliphatic carbocycles. The number of nitrogens with zero attached hydrogens (tertiary/aromatic N) is 3. The van der Waals surface area contributed by atoms with E-state index in [0.29, 0.717) is 30.5 Å². The molecule has 0 amide bonds. The second-order valence-corrected chi connectivity index (χ2v) is 9.83. The second-order valence-electron chi connectivity index (χ2n) is 7.43. The molecule has 3 aromatic rings. The minimum atomic E-state index is -9.76. The molecule has 0 radical (unpaired) electrons. The summed E-state index contributed by atoms with van der Waals surface area (Å²) in [5, 5.41) is 0. The average Bonchev–Trinajstić information content (AvgIpc) is 3.47. The monoisotopic (exact) mass is 458 g/mol. The third-order valence-electron chi connectivity index (χ3n) is 5.07. The van der Waals surface area contributed by atoms with Gasteiger partial charge >= 0.3 is 10.2 Å². The van der Waals surface area contributed by atoms with E-state index in [4.69, 9.17) is 0 Å². The number of carbonyl (C=O) groups excluding carboxylic acids is 1. The molecule has 0 spiro atoms. The van der Waals surface area contributed by atoms with Crippen molar-refractivity contribution in [3.05, 3.63) is 70.4 Å². The summed E-state index contributed by atoms with van der Waals surface area (Å²) in [5.74, 6) is -0.388. The standard InChI is InChI=1S/C19H15F5N4O2S/c20-31(21,22,23,24)13-4-2-12(3-5-13)19(6-7-19)11-15(29)14-10-16(30)28-18(27-14)17-25-8-1-9-26-17/h1-5,8-10H,6-7,11H2,(H,27,28,30). The number of hydrogen-bond donors (Lipinski definition) is 1. The van der Waals surface area contributed by atoms with E-state index in [9.17, 15) is 29.0 Å². The summed E-state index contributed by atoms with van der Waals surface area (Å²) < 4.78 is 64.7. The van der Waals surface area contributed by atoms with Crippen LogP contribution in [0.5, 0.6) is 0 Å². The molecular weight excluding hydrogens is 443 g/mol. The van der Waals surface area contributed by atoms with Crippen LogP contribution in [0.25, 0.3) is 11.6 Å². The molecule has 0 atom stereocenters. The Morgan fingerprint density at radius 3 is 2.19 bits per heavy atom. The molecule has 1 N–H and O–H groups in total. The van der Waals surface area contributed by atoms with Crippen molar-refractivity contribution >= 4 is 16.0 Å². The van der Waals surface area contributed by atoms with Gasteiger partial charge in [0.25, 0.3) is 5.56 Å². The van der Waals surface area contributed by atoms with Gasteiger partial charge in [-0.25, -0.2) is 15.0 Å². The number of rotatable bonds is 6. The van der Waals surface area contributed by atoms with Crippen LogP contribution in [0.1, 0.15) is 35.3 Å². The second kappa shape index (κ2) is 6.19. The molecular formula is C19H15F5N4O2S. The summed E-state index contributed by atoms with van der Waals surface area (Å²) in [5.41, 5.74) is -1.16. The number of Topliss-reactive ketones (excluding diaryl/α,β-unsaturated/α-hetero) is 1. The highest BCUT2D eigenvalue weighted by Crippen LogP contribution is 3.02. The molecule has 0 saturated heterocycles. The Balaban J connectivity index is 1.60. The molecule has 164 valence electrons. The molecule has 0 aliphatic heterocycles. The van der Waals surface area contributed by atoms with Crippen LogP contribution in [0.4, 0.5) is 19.4 Å². The van der Waals surface area contributed by atoms with E-state index in [1.54, 1.807) is 6.07 Å². The van der Waals surface area contributed by atoms with Gasteiger partial charge in [-0.2, -0.15) is 0 Å². The zero-order valence-electron chi connectivity index (χ0n) is 15.7. The maximum atomic E-state index is 12.9. The summed E-state index contributed by atoms with van der Waals surface area (Å²) in [6, 6.07) is 5.22. The van der Waals surface area contributed by atoms with E-state index in [2.05, 4.69) is 19.9 Å². The number of aromatic nitrogens is 4. The predicted molar refractivity (Wildman–Crippen MR) is 104 cm³/mol. The summed E-state index contributed by atoms with van der Waals surface area (Å²) >= 11 is 0. The lowest BCUT2D eigenvalue weighted by Gasteiger charge is -2.40. The Morgan fingerprint density at radius 2 is 1.65 bits per heavy atom. The summed E-state index contributed by atoms with van der Waals surface area (Å²) in [4.78, 5) is 37.2. The first-order valence-electron chi connectivity index (χ1n) is 9.02. The van der Waals surface area contributed by atoms with E-state index in [-0.39, 0.29) is 23.8 Å². The summed E-state index contributed by atoms with van der Waals surface area (Å²) in [6.45, 7) is 0. The van der Waals surface area contributed by atoms with Gasteiger partial charge < -0.3 is 4.98 Å². The van der Waals surface area contributed by atoms with Crippen molar-refractivity contribution in [2.45, 2.75) is 29.6 Å². The third-order valence-corrected chi connectivity index (χ3v) is 6.23. The first kappa shape index (κ1) is 21.1. The van der Waals surface area contributed by atoms with Gasteiger partial charge in [0.05, 0.1) is 0 Å². The topological polar surface area (TPSA) is 88.6 Å². The fourth-order valence-electron chi connectivity index (χ4n) is 3.31. The van der Waals surface area contributed by atoms with Crippen LogP contribution in [0.2, 0.25) is 0 Å². The van der Waals surface area contributed by atoms with E-state index >= 15 is 0 Å². The van der Waals surface area contributed by atoms with Crippen molar-refractivity contribution in [2.75, 3.05) is 0 Å². The van der Waals surface area contributed by atoms with E-state index < -0.39 is 31.9 Å². The normalized spacial score (nSPS) is 17.5. The van der Waals surface area contributed by atoms with Gasteiger partial charge in [-0.15, -0.1) is 0 Å². The van der Waals surface area contributed by atoms with Crippen molar-refractivity contribution in [2.24, 2.45) is 0 Å². The smallest absolute Gasteiger partial charge is 0.304 e. The number of hydrogen-bond acceptors (Lipinski definition) is 5. The number of H-pyrrole nitrogens is 1. The highest BCUT2D eigenvalue weighted by molar-refractivity contribution is 8.45. The fourth-order valence-corrected chi connectivity index (χ4v) is 3.96. The Hall–Kier alpha value is -3.15. The molecule has 1 aromatic carbocycles. The lowest BCUT2D eigenvalue weighted by atomic mass is 9.90. The Kier molecular flexibility index (Phi) is 4.21. The zero-order chi connectivity index (χ0) is 22.6. The molecule has 0 bridgehead atoms. The van der Waals surface area contributed by atoms with Gasteiger partial charge in [-0.1, -0.05) is 31.6 Å². The molecule has 31 heavy (non-hydrogen) atoms. The lowest BCUT2D eigenvalue weighted by Crippen LogP contribution is -2.19. The maximum Gasteiger partial charge on any atom is 0.310 e. The van der Waals surface area contributed by atoms with Crippen LogP contribution in [0, 0.1) is 0 Å². The zero-order valence-corrected chi connectivity index (χ0v) is 16.5. The number of halogens is 5. The number of nitrogens with one attached hydrogen (secondary N) is 1. The van der Waals surface area contributed by atoms with Gasteiger partial charge in [0.1, 0.15) is 10.6 Å². The Labute approximate surface area is 172 Å². The van der Waals surface area contributed by atoms with Gasteiger partial charge in [0.2, 0.25) is 0 Å². The first-order chi connectivity index (χ1) is 14.3. The Bertz CT molecular complexity index is 1230. The van der Waals surface area contributed by atoms with Crippen LogP contribution in [-0.4, -0.2) is 25.7 Å². The number of benzene rings is 1. The molecule has 4 rings (SSSR count). The number of carbonyl (C=O) groups is 1. The minimum Gasteiger partial charge on any atom is -0.304 e. The number of aromatic amines is 1. The lowest BCUT2D eigenvalue weighted by molar-refractivity contribution is 0.0964. The minimum absolute atomic E-state index is 0.00142. The van der Waals surface area contributed by atoms with E-state index in [1.165, 1.54) is 12.4 Å². The van der Waals surface area contributed by atoms with Gasteiger partial charge in [-0.3, -0.25) is 9.59 Å². The van der Waals surface area contributed by atoms with Crippen molar-refractivity contribution in [3.8, 4) is 11.6 Å². The third kappa shape index (κ3) is 4.48. The molecule has 1 fully saturated rings. The predicted octanol–water partition coefficient (Wildman–Crippen LogP) is 5.19. The van der Waals surface area contributed by atoms with Crippen molar-refractivity contribution < 1.29 is 24.2 Å². The van der Waals surface area contributed by atoms with Crippen LogP contribution in [-0.2, 0) is 5.41 Å². The van der Waals surface area contributed by atoms with Crippen molar-refractivity contribution in [1.82, 2.24) is 19.9 Å². The van der Waals surface area contributed by atoms with Gasteiger partial charge in [0, 0.05) is 30.3 Å². The quantitative estimate of drug-likeness (QED) is 0.406. The highest BCUT2D eigenvalue weighted by Gasteiger charge is 2.65. The fraction of sp³-hybridized carbons (Fsp3) is 0.211. The van der Waals surface area contributed by atoms with Crippen LogP contribution >= 0.6 is 10.2 Å². The molecule has 2 heterocycles. The summed E-state index contributed by atoms with van der Waals surface area (Å²) in [7, 11) is -9.76. The molecule has 2 aromatic heterocycles. The van der Waals surface area contributed by atoms with Crippen LogP contribution in [0.3, 0.4) is 0 Å². The largest absolute Gasteiger partial charge is 0.310 e. The maximum absolute atomic E-state index is 12.9. The van der Waals surface area contributed by atoms with Gasteiger partial charge in [-0.05, 0) is 36.6 Å². The molecule has 1 aliphatic rings. The van der Waals surface area contributed by atoms with Gasteiger partial charge in [0.15, 0.2) is 17.4 Å². The molecule has 1 saturated carbocycles. The van der Waals surface area contributed by atoms with Crippen LogP contribution < -0.4 is 5.56 Å². The van der Waals surface area contributed by atoms with Crippen molar-refractivity contribution in [1.29, 1.82) is 0 Å². The molecule has 12 heteroatoms. The van der Waals surface area contributed by atoms with Crippen LogP contribution in [0.15, 0.2) is 58.5 Å². The van der Waals surface area contributed by atoms with E-state index in [0.717, 1.165) is 18.2 Å². The first-order valence-corrected chi connectivity index (χ1v) is 11.0. The van der Waals surface area contributed by atoms with E-state index in [1.807, 2.05) is 0 Å². The highest BCUT2D eigenvalue weighted by atomic mass is 32.5. The molecule has 0 unspecified atom stereocenters. The number of ketones is 1. The summed E-state index contributed by atoms with van der Waals surface area (Å²) in [6.07, 6.45) is 3.73. The molecule has 6 nitrogen and oxygen atoms in total. The van der Waals surface area contributed by atoms with Crippen molar-refractivity contribution in [3.63, 3.8) is 0 Å². The Morgan fingerprint density at radius 1 is 1.03 bits per heavy atom. The SMILES string of the molecule is O=C(CC1(c2ccc(S(F)(F)(F)(F)F)cc2)CC1)c1cc(=O)[nH]c(-c2ncccn2)n1.